The van der Waals surface area contributed by atoms with Gasteiger partial charge in [0.05, 0.1) is 6.04 Å². The van der Waals surface area contributed by atoms with Crippen molar-refractivity contribution in [3.8, 4) is 0 Å². The fourth-order valence-corrected chi connectivity index (χ4v) is 1.97. The van der Waals surface area contributed by atoms with Crippen molar-refractivity contribution in [1.82, 2.24) is 9.88 Å². The van der Waals surface area contributed by atoms with Gasteiger partial charge in [-0.3, -0.25) is 9.78 Å². The molecule has 0 spiro atoms. The van der Waals surface area contributed by atoms with Crippen molar-refractivity contribution in [2.24, 2.45) is 0 Å². The summed E-state index contributed by atoms with van der Waals surface area (Å²) in [5, 5.41) is 0. The maximum atomic E-state index is 11.7. The van der Waals surface area contributed by atoms with Crippen LogP contribution in [-0.4, -0.2) is 36.1 Å². The van der Waals surface area contributed by atoms with Crippen LogP contribution in [0.25, 0.3) is 0 Å². The maximum absolute atomic E-state index is 11.7. The first-order valence-electron chi connectivity index (χ1n) is 4.93. The van der Waals surface area contributed by atoms with Crippen LogP contribution in [0.1, 0.15) is 18.0 Å². The van der Waals surface area contributed by atoms with Crippen molar-refractivity contribution in [2.75, 3.05) is 14.2 Å². The van der Waals surface area contributed by atoms with E-state index in [1.807, 2.05) is 12.1 Å². The van der Waals surface area contributed by atoms with E-state index in [2.05, 4.69) is 4.98 Å². The topological polar surface area (TPSA) is 42.4 Å². The zero-order valence-electron chi connectivity index (χ0n) is 8.88. The van der Waals surface area contributed by atoms with Gasteiger partial charge in [0.25, 0.3) is 5.91 Å². The van der Waals surface area contributed by atoms with Gasteiger partial charge in [-0.05, 0) is 11.6 Å². The van der Waals surface area contributed by atoms with Gasteiger partial charge >= 0.3 is 0 Å². The fourth-order valence-electron chi connectivity index (χ4n) is 1.97. The highest BCUT2D eigenvalue weighted by Crippen LogP contribution is 2.32. The molecule has 1 saturated heterocycles. The Bertz CT molecular complexity index is 353. The molecule has 15 heavy (non-hydrogen) atoms. The van der Waals surface area contributed by atoms with E-state index in [0.717, 1.165) is 5.56 Å². The van der Waals surface area contributed by atoms with Crippen molar-refractivity contribution >= 4 is 5.91 Å². The number of carbonyl (C=O) groups is 1. The number of pyridine rings is 1. The quantitative estimate of drug-likeness (QED) is 0.725. The number of hydrogen-bond acceptors (Lipinski definition) is 3. The molecule has 4 heteroatoms. The SMILES string of the molecule is CO[C@@H]1C[C@@H](c2cccnc2)N(C)C1=O. The van der Waals surface area contributed by atoms with Crippen LogP contribution >= 0.6 is 0 Å². The highest BCUT2D eigenvalue weighted by atomic mass is 16.5. The average molecular weight is 206 g/mol. The van der Waals surface area contributed by atoms with Crippen molar-refractivity contribution < 1.29 is 9.53 Å². The van der Waals surface area contributed by atoms with Crippen LogP contribution in [0.2, 0.25) is 0 Å². The second-order valence-corrected chi connectivity index (χ2v) is 3.71. The van der Waals surface area contributed by atoms with Gasteiger partial charge in [0.15, 0.2) is 0 Å². The molecule has 0 radical (unpaired) electrons. The summed E-state index contributed by atoms with van der Waals surface area (Å²) >= 11 is 0. The highest BCUT2D eigenvalue weighted by Gasteiger charge is 2.37. The normalized spacial score (nSPS) is 26.0. The lowest BCUT2D eigenvalue weighted by Crippen LogP contribution is -2.27. The van der Waals surface area contributed by atoms with Crippen LogP contribution in [0.4, 0.5) is 0 Å². The fraction of sp³-hybridized carbons (Fsp3) is 0.455. The molecule has 0 N–H and O–H groups in total. The summed E-state index contributed by atoms with van der Waals surface area (Å²) in [6, 6.07) is 3.96. The zero-order valence-corrected chi connectivity index (χ0v) is 8.88. The molecule has 2 atom stereocenters. The number of likely N-dealkylation sites (tertiary alicyclic amines) is 1. The van der Waals surface area contributed by atoms with Gasteiger partial charge in [-0.1, -0.05) is 6.07 Å². The van der Waals surface area contributed by atoms with Gasteiger partial charge in [0, 0.05) is 33.0 Å². The number of nitrogens with zero attached hydrogens (tertiary/aromatic N) is 2. The lowest BCUT2D eigenvalue weighted by Gasteiger charge is -2.18. The third kappa shape index (κ3) is 1.72. The molecule has 0 aliphatic carbocycles. The lowest BCUT2D eigenvalue weighted by molar-refractivity contribution is -0.135. The molecule has 0 unspecified atom stereocenters. The Morgan fingerprint density at radius 1 is 1.60 bits per heavy atom. The van der Waals surface area contributed by atoms with Crippen molar-refractivity contribution in [2.45, 2.75) is 18.6 Å². The largest absolute Gasteiger partial charge is 0.372 e. The summed E-state index contributed by atoms with van der Waals surface area (Å²) in [5.41, 5.74) is 1.06. The van der Waals surface area contributed by atoms with Crippen LogP contribution in [0.3, 0.4) is 0 Å². The molecule has 1 aromatic rings. The molecule has 0 saturated carbocycles. The van der Waals surface area contributed by atoms with Gasteiger partial charge in [0.1, 0.15) is 6.10 Å². The number of methoxy groups -OCH3 is 1. The number of hydrogen-bond donors (Lipinski definition) is 0. The molecule has 1 aromatic heterocycles. The van der Waals surface area contributed by atoms with Gasteiger partial charge in [0.2, 0.25) is 0 Å². The summed E-state index contributed by atoms with van der Waals surface area (Å²) in [6.45, 7) is 0. The Balaban J connectivity index is 2.22. The van der Waals surface area contributed by atoms with E-state index in [9.17, 15) is 4.79 Å². The van der Waals surface area contributed by atoms with E-state index in [-0.39, 0.29) is 18.1 Å². The van der Waals surface area contributed by atoms with E-state index in [4.69, 9.17) is 4.74 Å². The van der Waals surface area contributed by atoms with E-state index in [1.165, 1.54) is 0 Å². The van der Waals surface area contributed by atoms with Gasteiger partial charge < -0.3 is 9.64 Å². The van der Waals surface area contributed by atoms with E-state index in [0.29, 0.717) is 6.42 Å². The summed E-state index contributed by atoms with van der Waals surface area (Å²) in [5.74, 6) is 0.0475. The predicted molar refractivity (Wildman–Crippen MR) is 55.2 cm³/mol. The van der Waals surface area contributed by atoms with Gasteiger partial charge in [-0.25, -0.2) is 0 Å². The predicted octanol–water partition coefficient (Wildman–Crippen LogP) is 1.000. The van der Waals surface area contributed by atoms with Gasteiger partial charge in [-0.15, -0.1) is 0 Å². The Kier molecular flexibility index (Phi) is 2.68. The van der Waals surface area contributed by atoms with Crippen molar-refractivity contribution in [3.63, 3.8) is 0 Å². The van der Waals surface area contributed by atoms with E-state index in [1.54, 1.807) is 31.5 Å². The molecule has 2 rings (SSSR count). The minimum absolute atomic E-state index is 0.0475. The van der Waals surface area contributed by atoms with E-state index >= 15 is 0 Å². The molecule has 2 heterocycles. The molecule has 0 aromatic carbocycles. The second kappa shape index (κ2) is 3.98. The molecule has 1 aliphatic heterocycles. The Morgan fingerprint density at radius 2 is 2.40 bits per heavy atom. The molecule has 1 fully saturated rings. The third-order valence-corrected chi connectivity index (χ3v) is 2.88. The van der Waals surface area contributed by atoms with Crippen LogP contribution < -0.4 is 0 Å². The Labute approximate surface area is 88.9 Å². The molecule has 80 valence electrons. The van der Waals surface area contributed by atoms with Crippen LogP contribution in [0.5, 0.6) is 0 Å². The summed E-state index contributed by atoms with van der Waals surface area (Å²) in [6.07, 6.45) is 3.93. The standard InChI is InChI=1S/C11H14N2O2/c1-13-9(6-10(15-2)11(13)14)8-4-3-5-12-7-8/h3-5,7,9-10H,6H2,1-2H3/t9-,10+/m0/s1. The number of carbonyl (C=O) groups excluding carboxylic acids is 1. The number of rotatable bonds is 2. The van der Waals surface area contributed by atoms with Crippen LogP contribution in [0.15, 0.2) is 24.5 Å². The second-order valence-electron chi connectivity index (χ2n) is 3.71. The first-order valence-corrected chi connectivity index (χ1v) is 4.93. The minimum Gasteiger partial charge on any atom is -0.372 e. The number of ether oxygens (including phenoxy) is 1. The smallest absolute Gasteiger partial charge is 0.252 e. The summed E-state index contributed by atoms with van der Waals surface area (Å²) < 4.78 is 5.13. The molecule has 1 amide bonds. The highest BCUT2D eigenvalue weighted by molar-refractivity contribution is 5.83. The Hall–Kier alpha value is -1.42. The summed E-state index contributed by atoms with van der Waals surface area (Å²) in [4.78, 5) is 17.5. The van der Waals surface area contributed by atoms with Gasteiger partial charge in [-0.2, -0.15) is 0 Å². The van der Waals surface area contributed by atoms with Crippen molar-refractivity contribution in [1.29, 1.82) is 0 Å². The Morgan fingerprint density at radius 3 is 2.93 bits per heavy atom. The number of aromatic nitrogens is 1. The molecule has 4 nitrogen and oxygen atoms in total. The van der Waals surface area contributed by atoms with Crippen LogP contribution in [0, 0.1) is 0 Å². The molecule has 1 aliphatic rings. The maximum Gasteiger partial charge on any atom is 0.252 e. The zero-order chi connectivity index (χ0) is 10.8. The minimum atomic E-state index is -0.305. The molecular weight excluding hydrogens is 192 g/mol. The third-order valence-electron chi connectivity index (χ3n) is 2.88. The lowest BCUT2D eigenvalue weighted by atomic mass is 10.1. The first kappa shape index (κ1) is 10.1. The van der Waals surface area contributed by atoms with Crippen LogP contribution in [-0.2, 0) is 9.53 Å². The number of amides is 1. The number of likely N-dealkylation sites (N-methyl/N-ethyl adjacent to an activating group) is 1. The summed E-state index contributed by atoms with van der Waals surface area (Å²) in [7, 11) is 3.38. The first-order chi connectivity index (χ1) is 7.24. The monoisotopic (exact) mass is 206 g/mol. The molecule has 0 bridgehead atoms. The molecular formula is C11H14N2O2. The average Bonchev–Trinajstić information content (AvgIpc) is 2.57. The van der Waals surface area contributed by atoms with Crippen molar-refractivity contribution in [3.05, 3.63) is 30.1 Å². The van der Waals surface area contributed by atoms with E-state index < -0.39 is 0 Å².